The van der Waals surface area contributed by atoms with Gasteiger partial charge in [-0.15, -0.1) is 24.0 Å². The van der Waals surface area contributed by atoms with Crippen LogP contribution < -0.4 is 24.8 Å². The van der Waals surface area contributed by atoms with E-state index in [-0.39, 0.29) is 30.8 Å². The number of hydrogen-bond donors (Lipinski definition) is 2. The summed E-state index contributed by atoms with van der Waals surface area (Å²) in [7, 11) is 0. The van der Waals surface area contributed by atoms with E-state index in [1.807, 2.05) is 43.3 Å². The van der Waals surface area contributed by atoms with Crippen LogP contribution in [0.4, 0.5) is 0 Å². The Bertz CT molecular complexity index is 728. The summed E-state index contributed by atoms with van der Waals surface area (Å²) < 4.78 is 16.4. The molecule has 0 unspecified atom stereocenters. The first-order valence-electron chi connectivity index (χ1n) is 8.79. The fraction of sp³-hybridized carbons (Fsp3) is 0.368. The van der Waals surface area contributed by atoms with Crippen molar-refractivity contribution in [2.24, 2.45) is 4.99 Å². The van der Waals surface area contributed by atoms with Crippen LogP contribution in [0.2, 0.25) is 0 Å². The molecule has 0 aliphatic carbocycles. The minimum atomic E-state index is 0. The number of guanidine groups is 1. The number of nitrogens with one attached hydrogen (secondary N) is 2. The van der Waals surface area contributed by atoms with Gasteiger partial charge >= 0.3 is 0 Å². The van der Waals surface area contributed by atoms with Gasteiger partial charge in [-0.25, -0.2) is 0 Å². The average molecular weight is 484 g/mol. The lowest BCUT2D eigenvalue weighted by Gasteiger charge is -2.12. The van der Waals surface area contributed by atoms with Gasteiger partial charge in [-0.1, -0.05) is 6.07 Å². The van der Waals surface area contributed by atoms with Crippen LogP contribution in [0.5, 0.6) is 17.2 Å². The van der Waals surface area contributed by atoms with E-state index in [1.54, 1.807) is 6.20 Å². The number of aliphatic imine (C=N–C) groups is 1. The lowest BCUT2D eigenvalue weighted by atomic mass is 10.3. The topological polar surface area (TPSA) is 77.0 Å². The van der Waals surface area contributed by atoms with Crippen LogP contribution in [-0.2, 0) is 6.42 Å². The zero-order valence-corrected chi connectivity index (χ0v) is 17.6. The maximum Gasteiger partial charge on any atom is 0.231 e. The van der Waals surface area contributed by atoms with Crippen LogP contribution in [0.3, 0.4) is 0 Å². The van der Waals surface area contributed by atoms with Gasteiger partial charge in [-0.2, -0.15) is 0 Å². The first-order valence-corrected chi connectivity index (χ1v) is 8.79. The van der Waals surface area contributed by atoms with Crippen molar-refractivity contribution < 1.29 is 14.2 Å². The zero-order chi connectivity index (χ0) is 18.0. The Labute approximate surface area is 176 Å². The number of fused-ring (bicyclic) bond motifs is 1. The third-order valence-corrected chi connectivity index (χ3v) is 3.72. The third kappa shape index (κ3) is 6.78. The summed E-state index contributed by atoms with van der Waals surface area (Å²) in [6, 6.07) is 11.5. The Kier molecular flexibility index (Phi) is 8.96. The van der Waals surface area contributed by atoms with Crippen LogP contribution in [0, 0.1) is 0 Å². The van der Waals surface area contributed by atoms with E-state index in [1.165, 1.54) is 0 Å². The van der Waals surface area contributed by atoms with E-state index in [9.17, 15) is 0 Å². The maximum absolute atomic E-state index is 5.74. The minimum absolute atomic E-state index is 0. The second kappa shape index (κ2) is 11.5. The van der Waals surface area contributed by atoms with Crippen LogP contribution >= 0.6 is 24.0 Å². The summed E-state index contributed by atoms with van der Waals surface area (Å²) in [6.45, 7) is 4.95. The number of nitrogens with zero attached hydrogens (tertiary/aromatic N) is 2. The lowest BCUT2D eigenvalue weighted by molar-refractivity contribution is 0.173. The predicted octanol–water partition coefficient (Wildman–Crippen LogP) is 2.60. The quantitative estimate of drug-likeness (QED) is 0.260. The van der Waals surface area contributed by atoms with Gasteiger partial charge in [0.05, 0.1) is 6.54 Å². The van der Waals surface area contributed by atoms with Gasteiger partial charge in [-0.05, 0) is 31.2 Å². The molecule has 0 saturated carbocycles. The molecular weight excluding hydrogens is 459 g/mol. The smallest absolute Gasteiger partial charge is 0.231 e. The summed E-state index contributed by atoms with van der Waals surface area (Å²) >= 11 is 0. The Balaban J connectivity index is 0.00000261. The summed E-state index contributed by atoms with van der Waals surface area (Å²) in [5.74, 6) is 3.01. The van der Waals surface area contributed by atoms with Gasteiger partial charge in [-0.3, -0.25) is 9.98 Å². The number of benzene rings is 1. The molecule has 2 N–H and O–H groups in total. The molecule has 7 nitrogen and oxygen atoms in total. The van der Waals surface area contributed by atoms with Crippen LogP contribution in [0.1, 0.15) is 12.6 Å². The van der Waals surface area contributed by atoms with Crippen molar-refractivity contribution in [2.75, 3.05) is 33.0 Å². The zero-order valence-electron chi connectivity index (χ0n) is 15.3. The minimum Gasteiger partial charge on any atom is -0.492 e. The molecule has 1 aliphatic rings. The molecule has 1 aromatic heterocycles. The van der Waals surface area contributed by atoms with Gasteiger partial charge in [0.15, 0.2) is 17.5 Å². The van der Waals surface area contributed by atoms with Crippen molar-refractivity contribution in [3.63, 3.8) is 0 Å². The number of hydrogen-bond acceptors (Lipinski definition) is 5. The van der Waals surface area contributed by atoms with Crippen molar-refractivity contribution in [2.45, 2.75) is 13.3 Å². The van der Waals surface area contributed by atoms with Crippen LogP contribution in [-0.4, -0.2) is 44.0 Å². The van der Waals surface area contributed by atoms with Crippen molar-refractivity contribution in [3.8, 4) is 17.2 Å². The molecule has 0 amide bonds. The molecule has 3 rings (SSSR count). The number of rotatable bonds is 8. The number of halogens is 1. The molecule has 146 valence electrons. The van der Waals surface area contributed by atoms with Gasteiger partial charge in [0.2, 0.25) is 6.79 Å². The fourth-order valence-corrected chi connectivity index (χ4v) is 2.47. The molecule has 0 atom stereocenters. The highest BCUT2D eigenvalue weighted by atomic mass is 127. The summed E-state index contributed by atoms with van der Waals surface area (Å²) in [5, 5.41) is 6.49. The molecule has 8 heteroatoms. The second-order valence-electron chi connectivity index (χ2n) is 5.62. The first kappa shape index (κ1) is 21.1. The van der Waals surface area contributed by atoms with Gasteiger partial charge in [0.1, 0.15) is 12.4 Å². The summed E-state index contributed by atoms with van der Waals surface area (Å²) in [6.07, 6.45) is 2.61. The molecule has 0 saturated heterocycles. The molecule has 0 fully saturated rings. The molecule has 2 heterocycles. The Morgan fingerprint density at radius 1 is 1.19 bits per heavy atom. The van der Waals surface area contributed by atoms with E-state index < -0.39 is 0 Å². The van der Waals surface area contributed by atoms with E-state index in [0.29, 0.717) is 19.7 Å². The predicted molar refractivity (Wildman–Crippen MR) is 115 cm³/mol. The van der Waals surface area contributed by atoms with E-state index in [4.69, 9.17) is 14.2 Å². The standard InChI is InChI=1S/C19H24N4O3.HI/c1-2-20-19(22-10-8-15-5-3-4-9-21-15)23-11-12-24-16-6-7-17-18(13-16)26-14-25-17;/h3-7,9,13H,2,8,10-12,14H2,1H3,(H2,20,22,23);1H. The van der Waals surface area contributed by atoms with E-state index >= 15 is 0 Å². The van der Waals surface area contributed by atoms with Gasteiger partial charge in [0, 0.05) is 37.5 Å². The van der Waals surface area contributed by atoms with Crippen LogP contribution in [0.25, 0.3) is 0 Å². The average Bonchev–Trinajstić information content (AvgIpc) is 3.14. The van der Waals surface area contributed by atoms with Crippen molar-refractivity contribution in [3.05, 3.63) is 48.3 Å². The summed E-state index contributed by atoms with van der Waals surface area (Å²) in [5.41, 5.74) is 1.04. The Morgan fingerprint density at radius 2 is 2.07 bits per heavy atom. The normalized spacial score (nSPS) is 12.3. The third-order valence-electron chi connectivity index (χ3n) is 3.72. The maximum atomic E-state index is 5.74. The Hall–Kier alpha value is -2.23. The molecular formula is C19H25IN4O3. The SMILES string of the molecule is CCNC(=NCCc1ccccn1)NCCOc1ccc2c(c1)OCO2.I. The molecule has 1 aromatic carbocycles. The Morgan fingerprint density at radius 3 is 2.89 bits per heavy atom. The highest BCUT2D eigenvalue weighted by molar-refractivity contribution is 14.0. The highest BCUT2D eigenvalue weighted by Crippen LogP contribution is 2.34. The monoisotopic (exact) mass is 484 g/mol. The largest absolute Gasteiger partial charge is 0.492 e. The first-order chi connectivity index (χ1) is 12.8. The molecule has 0 radical (unpaired) electrons. The number of pyridine rings is 1. The van der Waals surface area contributed by atoms with E-state index in [2.05, 4.69) is 20.6 Å². The van der Waals surface area contributed by atoms with Crippen molar-refractivity contribution in [1.82, 2.24) is 15.6 Å². The molecule has 0 bridgehead atoms. The van der Waals surface area contributed by atoms with Crippen molar-refractivity contribution in [1.29, 1.82) is 0 Å². The van der Waals surface area contributed by atoms with Crippen molar-refractivity contribution >= 4 is 29.9 Å². The highest BCUT2D eigenvalue weighted by Gasteiger charge is 2.13. The fourth-order valence-electron chi connectivity index (χ4n) is 2.47. The van der Waals surface area contributed by atoms with Gasteiger partial charge in [0.25, 0.3) is 0 Å². The second-order valence-corrected chi connectivity index (χ2v) is 5.62. The lowest BCUT2D eigenvalue weighted by Crippen LogP contribution is -2.39. The molecule has 1 aliphatic heterocycles. The summed E-state index contributed by atoms with van der Waals surface area (Å²) in [4.78, 5) is 8.87. The van der Waals surface area contributed by atoms with Gasteiger partial charge < -0.3 is 24.8 Å². The van der Waals surface area contributed by atoms with Crippen LogP contribution in [0.15, 0.2) is 47.6 Å². The molecule has 27 heavy (non-hydrogen) atoms. The molecule has 0 spiro atoms. The molecule has 2 aromatic rings. The van der Waals surface area contributed by atoms with E-state index in [0.717, 1.165) is 41.9 Å². The number of ether oxygens (including phenoxy) is 3. The number of aromatic nitrogens is 1.